The van der Waals surface area contributed by atoms with Crippen LogP contribution in [0.15, 0.2) is 54.9 Å². The number of pyridine rings is 1. The predicted molar refractivity (Wildman–Crippen MR) is 85.0 cm³/mol. The molecule has 0 unspecified atom stereocenters. The van der Waals surface area contributed by atoms with Crippen LogP contribution in [0.3, 0.4) is 0 Å². The Morgan fingerprint density at radius 1 is 1.16 bits per heavy atom. The molecule has 0 saturated carbocycles. The molecular weight excluding hydrogens is 330 g/mol. The number of halogens is 2. The summed E-state index contributed by atoms with van der Waals surface area (Å²) in [7, 11) is 0. The average molecular weight is 344 g/mol. The zero-order valence-corrected chi connectivity index (χ0v) is 12.9. The van der Waals surface area contributed by atoms with E-state index in [2.05, 4.69) is 15.4 Å². The number of carbonyl (C=O) groups excluding carboxylic acids is 1. The smallest absolute Gasteiger partial charge is 0.270 e. The molecule has 1 atom stereocenters. The molecule has 0 aliphatic heterocycles. The van der Waals surface area contributed by atoms with Crippen LogP contribution in [0.25, 0.3) is 5.82 Å². The monoisotopic (exact) mass is 344 g/mol. The van der Waals surface area contributed by atoms with Crippen molar-refractivity contribution in [3.05, 3.63) is 77.8 Å². The van der Waals surface area contributed by atoms with Crippen LogP contribution in [0.1, 0.15) is 22.2 Å². The second kappa shape index (κ2) is 7.18. The molecule has 3 rings (SSSR count). The van der Waals surface area contributed by atoms with Gasteiger partial charge in [-0.15, -0.1) is 0 Å². The third-order valence-electron chi connectivity index (χ3n) is 3.50. The van der Waals surface area contributed by atoms with Crippen LogP contribution in [0, 0.1) is 11.6 Å². The van der Waals surface area contributed by atoms with E-state index >= 15 is 0 Å². The standard InChI is InChI=1S/C17H14F2N4O2/c18-11-4-1-5-12(19)16(11)14(24)10-20-17(25)13-6-2-7-15(22-13)23-9-3-8-21-23/h1-9,14,24H,10H2,(H,20,25)/t14-/m1/s1. The number of aromatic nitrogens is 3. The lowest BCUT2D eigenvalue weighted by Crippen LogP contribution is -2.30. The first-order valence-corrected chi connectivity index (χ1v) is 7.43. The van der Waals surface area contributed by atoms with Gasteiger partial charge in [0.2, 0.25) is 0 Å². The third kappa shape index (κ3) is 3.69. The van der Waals surface area contributed by atoms with E-state index in [9.17, 15) is 18.7 Å². The lowest BCUT2D eigenvalue weighted by Gasteiger charge is -2.14. The number of rotatable bonds is 5. The molecule has 2 heterocycles. The average Bonchev–Trinajstić information content (AvgIpc) is 3.14. The SMILES string of the molecule is O=C(NC[C@@H](O)c1c(F)cccc1F)c1cccc(-n2cccn2)n1. The van der Waals surface area contributed by atoms with E-state index in [1.54, 1.807) is 30.6 Å². The molecule has 1 aromatic carbocycles. The van der Waals surface area contributed by atoms with Crippen LogP contribution < -0.4 is 5.32 Å². The van der Waals surface area contributed by atoms with E-state index in [4.69, 9.17) is 0 Å². The maximum Gasteiger partial charge on any atom is 0.270 e. The Labute approximate surface area is 141 Å². The second-order valence-electron chi connectivity index (χ2n) is 5.19. The summed E-state index contributed by atoms with van der Waals surface area (Å²) in [4.78, 5) is 16.3. The van der Waals surface area contributed by atoms with E-state index < -0.39 is 29.2 Å². The van der Waals surface area contributed by atoms with Gasteiger partial charge >= 0.3 is 0 Å². The Bertz CT molecular complexity index is 864. The fourth-order valence-corrected chi connectivity index (χ4v) is 2.29. The number of aliphatic hydroxyl groups excluding tert-OH is 1. The first-order chi connectivity index (χ1) is 12.1. The number of hydrogen-bond donors (Lipinski definition) is 2. The molecule has 25 heavy (non-hydrogen) atoms. The summed E-state index contributed by atoms with van der Waals surface area (Å²) in [6.45, 7) is -0.357. The van der Waals surface area contributed by atoms with Crippen molar-refractivity contribution in [3.63, 3.8) is 0 Å². The van der Waals surface area contributed by atoms with Crippen molar-refractivity contribution < 1.29 is 18.7 Å². The fraction of sp³-hybridized carbons (Fsp3) is 0.118. The van der Waals surface area contributed by atoms with Crippen molar-refractivity contribution in [3.8, 4) is 5.82 Å². The minimum absolute atomic E-state index is 0.0919. The molecule has 0 aliphatic carbocycles. The number of carbonyl (C=O) groups is 1. The highest BCUT2D eigenvalue weighted by Gasteiger charge is 2.19. The maximum atomic E-state index is 13.6. The number of hydrogen-bond acceptors (Lipinski definition) is 4. The molecule has 1 amide bonds. The van der Waals surface area contributed by atoms with Crippen molar-refractivity contribution in [2.24, 2.45) is 0 Å². The van der Waals surface area contributed by atoms with Crippen LogP contribution in [-0.2, 0) is 0 Å². The molecule has 0 radical (unpaired) electrons. The minimum Gasteiger partial charge on any atom is -0.386 e. The van der Waals surface area contributed by atoms with Gasteiger partial charge in [0.05, 0.1) is 5.56 Å². The van der Waals surface area contributed by atoms with Gasteiger partial charge in [0.1, 0.15) is 23.4 Å². The summed E-state index contributed by atoms with van der Waals surface area (Å²) < 4.78 is 28.7. The Morgan fingerprint density at radius 3 is 2.56 bits per heavy atom. The zero-order chi connectivity index (χ0) is 17.8. The molecule has 128 valence electrons. The van der Waals surface area contributed by atoms with E-state index in [1.165, 1.54) is 16.8 Å². The van der Waals surface area contributed by atoms with Crippen LogP contribution in [0.4, 0.5) is 8.78 Å². The Hall–Kier alpha value is -3.13. The molecule has 3 aromatic rings. The molecule has 2 aromatic heterocycles. The molecule has 0 bridgehead atoms. The highest BCUT2D eigenvalue weighted by Crippen LogP contribution is 2.20. The number of amides is 1. The highest BCUT2D eigenvalue weighted by molar-refractivity contribution is 5.92. The van der Waals surface area contributed by atoms with Gasteiger partial charge in [0.15, 0.2) is 5.82 Å². The molecule has 6 nitrogen and oxygen atoms in total. The van der Waals surface area contributed by atoms with Gasteiger partial charge in [-0.25, -0.2) is 18.4 Å². The van der Waals surface area contributed by atoms with Gasteiger partial charge in [0, 0.05) is 18.9 Å². The molecule has 0 aliphatic rings. The Balaban J connectivity index is 1.70. The summed E-state index contributed by atoms with van der Waals surface area (Å²) in [6, 6.07) is 9.78. The Morgan fingerprint density at radius 2 is 1.88 bits per heavy atom. The summed E-state index contributed by atoms with van der Waals surface area (Å²) in [5, 5.41) is 16.4. The molecule has 2 N–H and O–H groups in total. The van der Waals surface area contributed by atoms with E-state index in [1.807, 2.05) is 0 Å². The van der Waals surface area contributed by atoms with Gasteiger partial charge in [-0.3, -0.25) is 4.79 Å². The third-order valence-corrected chi connectivity index (χ3v) is 3.50. The van der Waals surface area contributed by atoms with Crippen molar-refractivity contribution in [1.82, 2.24) is 20.1 Å². The van der Waals surface area contributed by atoms with Crippen LogP contribution in [0.5, 0.6) is 0 Å². The largest absolute Gasteiger partial charge is 0.386 e. The van der Waals surface area contributed by atoms with E-state index in [0.29, 0.717) is 5.82 Å². The minimum atomic E-state index is -1.51. The maximum absolute atomic E-state index is 13.6. The number of benzene rings is 1. The van der Waals surface area contributed by atoms with Gasteiger partial charge in [-0.05, 0) is 30.3 Å². The molecule has 0 spiro atoms. The molecule has 8 heteroatoms. The van der Waals surface area contributed by atoms with E-state index in [-0.39, 0.29) is 12.2 Å². The van der Waals surface area contributed by atoms with E-state index in [0.717, 1.165) is 12.1 Å². The lowest BCUT2D eigenvalue weighted by molar-refractivity contribution is 0.0906. The van der Waals surface area contributed by atoms with Gasteiger partial charge in [-0.2, -0.15) is 5.10 Å². The first-order valence-electron chi connectivity index (χ1n) is 7.43. The van der Waals surface area contributed by atoms with Crippen molar-refractivity contribution >= 4 is 5.91 Å². The summed E-state index contributed by atoms with van der Waals surface area (Å²) in [5.41, 5.74) is -0.393. The van der Waals surface area contributed by atoms with Gasteiger partial charge < -0.3 is 10.4 Å². The summed E-state index contributed by atoms with van der Waals surface area (Å²) in [6.07, 6.45) is 1.74. The summed E-state index contributed by atoms with van der Waals surface area (Å²) in [5.74, 6) is -1.88. The number of aliphatic hydroxyl groups is 1. The van der Waals surface area contributed by atoms with Crippen LogP contribution >= 0.6 is 0 Å². The second-order valence-corrected chi connectivity index (χ2v) is 5.19. The summed E-state index contributed by atoms with van der Waals surface area (Å²) >= 11 is 0. The quantitative estimate of drug-likeness (QED) is 0.742. The number of nitrogens with zero attached hydrogens (tertiary/aromatic N) is 3. The first kappa shape index (κ1) is 16.7. The van der Waals surface area contributed by atoms with Gasteiger partial charge in [0.25, 0.3) is 5.91 Å². The van der Waals surface area contributed by atoms with Crippen LogP contribution in [-0.4, -0.2) is 32.3 Å². The topological polar surface area (TPSA) is 80.0 Å². The number of nitrogens with one attached hydrogen (secondary N) is 1. The van der Waals surface area contributed by atoms with Crippen molar-refractivity contribution in [1.29, 1.82) is 0 Å². The predicted octanol–water partition coefficient (Wildman–Crippen LogP) is 2.01. The molecule has 0 fully saturated rings. The van der Waals surface area contributed by atoms with Gasteiger partial charge in [-0.1, -0.05) is 12.1 Å². The fourth-order valence-electron chi connectivity index (χ4n) is 2.29. The molecular formula is C17H14F2N4O2. The Kier molecular flexibility index (Phi) is 4.80. The zero-order valence-electron chi connectivity index (χ0n) is 12.9. The lowest BCUT2D eigenvalue weighted by atomic mass is 10.1. The normalized spacial score (nSPS) is 12.0. The van der Waals surface area contributed by atoms with Crippen molar-refractivity contribution in [2.45, 2.75) is 6.10 Å². The van der Waals surface area contributed by atoms with Crippen LogP contribution in [0.2, 0.25) is 0 Å². The molecule has 0 saturated heterocycles. The van der Waals surface area contributed by atoms with Crippen molar-refractivity contribution in [2.75, 3.05) is 6.54 Å². The highest BCUT2D eigenvalue weighted by atomic mass is 19.1.